The number of fused-ring (bicyclic) bond motifs is 1. The van der Waals surface area contributed by atoms with Gasteiger partial charge < -0.3 is 19.5 Å². The summed E-state index contributed by atoms with van der Waals surface area (Å²) in [6.07, 6.45) is 0. The average molecular weight is 398 g/mol. The number of nitrogens with zero attached hydrogens (tertiary/aromatic N) is 2. The smallest absolute Gasteiger partial charge is 0.270 e. The van der Waals surface area contributed by atoms with Gasteiger partial charge in [-0.1, -0.05) is 17.7 Å². The van der Waals surface area contributed by atoms with Crippen molar-refractivity contribution >= 4 is 34.3 Å². The van der Waals surface area contributed by atoms with E-state index in [1.807, 2.05) is 24.3 Å². The molecule has 0 unspecified atom stereocenters. The van der Waals surface area contributed by atoms with Crippen LogP contribution in [-0.4, -0.2) is 59.9 Å². The number of hydrogen-bond acceptors (Lipinski definition) is 3. The lowest BCUT2D eigenvalue weighted by Gasteiger charge is -2.34. The highest BCUT2D eigenvalue weighted by Crippen LogP contribution is 2.22. The fourth-order valence-corrected chi connectivity index (χ4v) is 3.63. The van der Waals surface area contributed by atoms with Crippen LogP contribution in [0.1, 0.15) is 20.8 Å². The van der Waals surface area contributed by atoms with Gasteiger partial charge in [-0.15, -0.1) is 0 Å². The predicted octanol–water partition coefficient (Wildman–Crippen LogP) is 3.43. The van der Waals surface area contributed by atoms with Crippen molar-refractivity contribution in [2.75, 3.05) is 33.3 Å². The van der Waals surface area contributed by atoms with Crippen molar-refractivity contribution < 1.29 is 14.3 Å². The summed E-state index contributed by atoms with van der Waals surface area (Å²) < 4.78 is 5.23. The van der Waals surface area contributed by atoms with Crippen molar-refractivity contribution in [3.63, 3.8) is 0 Å². The molecule has 1 aliphatic heterocycles. The minimum Gasteiger partial charge on any atom is -0.497 e. The molecule has 2 aromatic carbocycles. The SMILES string of the molecule is COc1ccc2[nH]c(C(=O)N3CCN(C(=O)c4cccc(Cl)c4)CC3)cc2c1. The Morgan fingerprint density at radius 2 is 1.68 bits per heavy atom. The summed E-state index contributed by atoms with van der Waals surface area (Å²) in [5, 5.41) is 1.47. The van der Waals surface area contributed by atoms with Crippen molar-refractivity contribution in [2.24, 2.45) is 0 Å². The predicted molar refractivity (Wildman–Crippen MR) is 108 cm³/mol. The lowest BCUT2D eigenvalue weighted by atomic mass is 10.1. The second-order valence-corrected chi connectivity index (χ2v) is 7.17. The van der Waals surface area contributed by atoms with Crippen molar-refractivity contribution in [3.05, 3.63) is 64.8 Å². The van der Waals surface area contributed by atoms with Crippen LogP contribution >= 0.6 is 11.6 Å². The fraction of sp³-hybridized carbons (Fsp3) is 0.238. The number of H-pyrrole nitrogens is 1. The standard InChI is InChI=1S/C21H20ClN3O3/c1-28-17-5-6-18-15(12-17)13-19(23-18)21(27)25-9-7-24(8-10-25)20(26)14-3-2-4-16(22)11-14/h2-6,11-13,23H,7-10H2,1H3. The van der Waals surface area contributed by atoms with Gasteiger partial charge in [-0.05, 0) is 42.5 Å². The van der Waals surface area contributed by atoms with Crippen molar-refractivity contribution in [3.8, 4) is 5.75 Å². The summed E-state index contributed by atoms with van der Waals surface area (Å²) in [6, 6.07) is 14.4. The van der Waals surface area contributed by atoms with Gasteiger partial charge >= 0.3 is 0 Å². The zero-order chi connectivity index (χ0) is 19.7. The Kier molecular flexibility index (Phi) is 4.96. The second kappa shape index (κ2) is 7.56. The zero-order valence-electron chi connectivity index (χ0n) is 15.4. The molecule has 1 N–H and O–H groups in total. The Labute approximate surface area is 167 Å². The van der Waals surface area contributed by atoms with E-state index < -0.39 is 0 Å². The van der Waals surface area contributed by atoms with Crippen molar-refractivity contribution in [1.29, 1.82) is 0 Å². The summed E-state index contributed by atoms with van der Waals surface area (Å²) in [5.41, 5.74) is 1.99. The van der Waals surface area contributed by atoms with Gasteiger partial charge in [0.15, 0.2) is 0 Å². The number of carbonyl (C=O) groups excluding carboxylic acids is 2. The van der Waals surface area contributed by atoms with E-state index in [-0.39, 0.29) is 11.8 Å². The number of ether oxygens (including phenoxy) is 1. The Morgan fingerprint density at radius 1 is 0.964 bits per heavy atom. The molecule has 1 aromatic heterocycles. The summed E-state index contributed by atoms with van der Waals surface area (Å²) in [6.45, 7) is 1.96. The molecule has 1 aliphatic rings. The Hall–Kier alpha value is -2.99. The first-order valence-corrected chi connectivity index (χ1v) is 9.44. The number of carbonyl (C=O) groups is 2. The van der Waals surface area contributed by atoms with Crippen LogP contribution in [0.25, 0.3) is 10.9 Å². The van der Waals surface area contributed by atoms with Gasteiger partial charge in [0, 0.05) is 47.7 Å². The Bertz CT molecular complexity index is 1040. The maximum atomic E-state index is 12.9. The van der Waals surface area contributed by atoms with Gasteiger partial charge in [-0.2, -0.15) is 0 Å². The van der Waals surface area contributed by atoms with E-state index in [0.29, 0.717) is 42.5 Å². The number of amides is 2. The van der Waals surface area contributed by atoms with Gasteiger partial charge in [0.25, 0.3) is 11.8 Å². The largest absolute Gasteiger partial charge is 0.497 e. The van der Waals surface area contributed by atoms with Crippen molar-refractivity contribution in [1.82, 2.24) is 14.8 Å². The van der Waals surface area contributed by atoms with Crippen LogP contribution in [0.3, 0.4) is 0 Å². The number of aromatic amines is 1. The number of hydrogen-bond donors (Lipinski definition) is 1. The minimum atomic E-state index is -0.0648. The lowest BCUT2D eigenvalue weighted by molar-refractivity contribution is 0.0533. The van der Waals surface area contributed by atoms with Crippen LogP contribution in [0.5, 0.6) is 5.75 Å². The molecule has 0 atom stereocenters. The molecule has 2 heterocycles. The quantitative estimate of drug-likeness (QED) is 0.736. The molecule has 6 nitrogen and oxygen atoms in total. The first kappa shape index (κ1) is 18.4. The van der Waals surface area contributed by atoms with Gasteiger partial charge in [-0.3, -0.25) is 9.59 Å². The van der Waals surface area contributed by atoms with Gasteiger partial charge in [0.05, 0.1) is 7.11 Å². The number of methoxy groups -OCH3 is 1. The van der Waals surface area contributed by atoms with Gasteiger partial charge in [-0.25, -0.2) is 0 Å². The molecule has 0 spiro atoms. The van der Waals surface area contributed by atoms with E-state index in [2.05, 4.69) is 4.98 Å². The highest BCUT2D eigenvalue weighted by molar-refractivity contribution is 6.30. The molecular weight excluding hydrogens is 378 g/mol. The number of benzene rings is 2. The topological polar surface area (TPSA) is 65.6 Å². The lowest BCUT2D eigenvalue weighted by Crippen LogP contribution is -2.50. The third-order valence-corrected chi connectivity index (χ3v) is 5.22. The Morgan fingerprint density at radius 3 is 2.36 bits per heavy atom. The van der Waals surface area contributed by atoms with E-state index in [4.69, 9.17) is 16.3 Å². The normalized spacial score (nSPS) is 14.4. The van der Waals surface area contributed by atoms with E-state index in [0.717, 1.165) is 16.7 Å². The molecule has 1 saturated heterocycles. The maximum Gasteiger partial charge on any atom is 0.270 e. The number of halogens is 1. The Balaban J connectivity index is 1.43. The van der Waals surface area contributed by atoms with E-state index in [1.54, 1.807) is 41.2 Å². The third-order valence-electron chi connectivity index (χ3n) is 4.98. The summed E-state index contributed by atoms with van der Waals surface area (Å²) >= 11 is 5.98. The van der Waals surface area contributed by atoms with Crippen LogP contribution in [0.2, 0.25) is 5.02 Å². The number of piperazine rings is 1. The molecule has 3 aromatic rings. The molecule has 1 fully saturated rings. The zero-order valence-corrected chi connectivity index (χ0v) is 16.2. The van der Waals surface area contributed by atoms with Crippen LogP contribution in [-0.2, 0) is 0 Å². The van der Waals surface area contributed by atoms with Crippen LogP contribution in [0.15, 0.2) is 48.5 Å². The van der Waals surface area contributed by atoms with E-state index >= 15 is 0 Å². The summed E-state index contributed by atoms with van der Waals surface area (Å²) in [5.74, 6) is 0.621. The first-order chi connectivity index (χ1) is 13.5. The average Bonchev–Trinajstić information content (AvgIpc) is 3.16. The van der Waals surface area contributed by atoms with Crippen LogP contribution < -0.4 is 4.74 Å². The number of nitrogens with one attached hydrogen (secondary N) is 1. The van der Waals surface area contributed by atoms with Crippen LogP contribution in [0.4, 0.5) is 0 Å². The molecule has 2 amide bonds. The molecule has 0 radical (unpaired) electrons. The molecule has 28 heavy (non-hydrogen) atoms. The van der Waals surface area contributed by atoms with Crippen molar-refractivity contribution in [2.45, 2.75) is 0 Å². The first-order valence-electron chi connectivity index (χ1n) is 9.06. The molecule has 0 bridgehead atoms. The molecule has 7 heteroatoms. The van der Waals surface area contributed by atoms with Gasteiger partial charge in [0.1, 0.15) is 11.4 Å². The van der Waals surface area contributed by atoms with Gasteiger partial charge in [0.2, 0.25) is 0 Å². The monoisotopic (exact) mass is 397 g/mol. The fourth-order valence-electron chi connectivity index (χ4n) is 3.44. The summed E-state index contributed by atoms with van der Waals surface area (Å²) in [7, 11) is 1.62. The van der Waals surface area contributed by atoms with E-state index in [1.165, 1.54) is 0 Å². The molecule has 4 rings (SSSR count). The molecular formula is C21H20ClN3O3. The van der Waals surface area contributed by atoms with Crippen LogP contribution in [0, 0.1) is 0 Å². The number of rotatable bonds is 3. The summed E-state index contributed by atoms with van der Waals surface area (Å²) in [4.78, 5) is 32.2. The third kappa shape index (κ3) is 3.55. The van der Waals surface area contributed by atoms with E-state index in [9.17, 15) is 9.59 Å². The minimum absolute atomic E-state index is 0.0627. The molecule has 0 aliphatic carbocycles. The molecule has 144 valence electrons. The number of aromatic nitrogens is 1. The maximum absolute atomic E-state index is 12.9. The molecule has 0 saturated carbocycles. The second-order valence-electron chi connectivity index (χ2n) is 6.73. The highest BCUT2D eigenvalue weighted by Gasteiger charge is 2.26. The highest BCUT2D eigenvalue weighted by atomic mass is 35.5.